The molecule has 6 nitrogen and oxygen atoms in total. The normalized spacial score (nSPS) is 15.1. The quantitative estimate of drug-likeness (QED) is 0.915. The van der Waals surface area contributed by atoms with Crippen LogP contribution in [0.15, 0.2) is 28.8 Å². The van der Waals surface area contributed by atoms with E-state index in [1.807, 2.05) is 18.2 Å². The van der Waals surface area contributed by atoms with Crippen LogP contribution in [-0.2, 0) is 6.54 Å². The van der Waals surface area contributed by atoms with Crippen LogP contribution in [0, 0.1) is 0 Å². The molecule has 116 valence electrons. The van der Waals surface area contributed by atoms with Crippen molar-refractivity contribution in [1.29, 1.82) is 0 Å². The third kappa shape index (κ3) is 2.96. The van der Waals surface area contributed by atoms with Gasteiger partial charge in [0.2, 0.25) is 5.76 Å². The van der Waals surface area contributed by atoms with Gasteiger partial charge in [0.1, 0.15) is 11.4 Å². The lowest BCUT2D eigenvalue weighted by atomic mass is 10.1. The smallest absolute Gasteiger partial charge is 0.374 e. The highest BCUT2D eigenvalue weighted by Crippen LogP contribution is 2.28. The fourth-order valence-electron chi connectivity index (χ4n) is 2.76. The molecule has 2 aromatic rings. The summed E-state index contributed by atoms with van der Waals surface area (Å²) in [6, 6.07) is 7.16. The molecule has 22 heavy (non-hydrogen) atoms. The van der Waals surface area contributed by atoms with Crippen LogP contribution in [0.1, 0.15) is 29.0 Å². The first-order chi connectivity index (χ1) is 10.7. The number of likely N-dealkylation sites (tertiary alicyclic amines) is 1. The highest BCUT2D eigenvalue weighted by molar-refractivity contribution is 5.85. The van der Waals surface area contributed by atoms with Crippen LogP contribution in [0.2, 0.25) is 0 Å². The van der Waals surface area contributed by atoms with Gasteiger partial charge in [-0.2, -0.15) is 0 Å². The summed E-state index contributed by atoms with van der Waals surface area (Å²) >= 11 is 0. The molecular weight excluding hydrogens is 284 g/mol. The van der Waals surface area contributed by atoms with Gasteiger partial charge in [-0.1, -0.05) is 5.16 Å². The van der Waals surface area contributed by atoms with Crippen LogP contribution in [0.25, 0.3) is 11.3 Å². The first-order valence-electron chi connectivity index (χ1n) is 7.27. The molecule has 1 aromatic heterocycles. The van der Waals surface area contributed by atoms with Crippen LogP contribution >= 0.6 is 0 Å². The number of carboxylic acids is 1. The second-order valence-electron chi connectivity index (χ2n) is 5.39. The van der Waals surface area contributed by atoms with Crippen LogP contribution in [0.4, 0.5) is 0 Å². The second kappa shape index (κ2) is 6.19. The zero-order valence-corrected chi connectivity index (χ0v) is 12.4. The molecule has 0 saturated carbocycles. The van der Waals surface area contributed by atoms with Gasteiger partial charge in [-0.15, -0.1) is 0 Å². The molecule has 0 unspecified atom stereocenters. The molecule has 2 heterocycles. The van der Waals surface area contributed by atoms with Crippen molar-refractivity contribution in [2.75, 3.05) is 20.2 Å². The Kier molecular flexibility index (Phi) is 4.11. The van der Waals surface area contributed by atoms with E-state index in [1.165, 1.54) is 18.9 Å². The topological polar surface area (TPSA) is 75.8 Å². The maximum absolute atomic E-state index is 10.9. The first-order valence-corrected chi connectivity index (χ1v) is 7.27. The van der Waals surface area contributed by atoms with E-state index in [0.717, 1.165) is 36.5 Å². The maximum atomic E-state index is 10.9. The lowest BCUT2D eigenvalue weighted by Crippen LogP contribution is -2.18. The monoisotopic (exact) mass is 302 g/mol. The largest absolute Gasteiger partial charge is 0.496 e. The van der Waals surface area contributed by atoms with E-state index in [-0.39, 0.29) is 5.76 Å². The summed E-state index contributed by atoms with van der Waals surface area (Å²) in [5, 5.41) is 12.7. The van der Waals surface area contributed by atoms with Gasteiger partial charge < -0.3 is 14.4 Å². The molecule has 0 bridgehead atoms. The molecule has 1 fully saturated rings. The van der Waals surface area contributed by atoms with E-state index in [0.29, 0.717) is 5.69 Å². The van der Waals surface area contributed by atoms with Crippen LogP contribution in [0.5, 0.6) is 5.75 Å². The number of hydrogen-bond donors (Lipinski definition) is 1. The highest BCUT2D eigenvalue weighted by atomic mass is 16.5. The maximum Gasteiger partial charge on any atom is 0.374 e. The van der Waals surface area contributed by atoms with Crippen molar-refractivity contribution in [3.8, 4) is 17.0 Å². The van der Waals surface area contributed by atoms with Gasteiger partial charge in [-0.3, -0.25) is 4.90 Å². The average Bonchev–Trinajstić information content (AvgIpc) is 3.18. The predicted molar refractivity (Wildman–Crippen MR) is 80.0 cm³/mol. The van der Waals surface area contributed by atoms with Gasteiger partial charge >= 0.3 is 5.97 Å². The van der Waals surface area contributed by atoms with Crippen molar-refractivity contribution in [2.24, 2.45) is 0 Å². The summed E-state index contributed by atoms with van der Waals surface area (Å²) in [7, 11) is 1.65. The summed E-state index contributed by atoms with van der Waals surface area (Å²) in [6.45, 7) is 3.02. The molecule has 3 rings (SSSR count). The predicted octanol–water partition coefficient (Wildman–Crippen LogP) is 2.64. The Labute approximate surface area is 128 Å². The standard InChI is InChI=1S/C16H18N2O4/c1-21-14-5-4-11(13-9-15(16(19)20)22-17-13)8-12(14)10-18-6-2-3-7-18/h4-5,8-9H,2-3,6-7,10H2,1H3,(H,19,20). The Morgan fingerprint density at radius 3 is 2.77 bits per heavy atom. The summed E-state index contributed by atoms with van der Waals surface area (Å²) in [5.74, 6) is -0.450. The highest BCUT2D eigenvalue weighted by Gasteiger charge is 2.17. The Morgan fingerprint density at radius 1 is 1.36 bits per heavy atom. The Morgan fingerprint density at radius 2 is 2.14 bits per heavy atom. The third-order valence-electron chi connectivity index (χ3n) is 3.89. The van der Waals surface area contributed by atoms with E-state index in [9.17, 15) is 4.79 Å². The van der Waals surface area contributed by atoms with Crippen molar-refractivity contribution in [3.05, 3.63) is 35.6 Å². The molecule has 0 atom stereocenters. The van der Waals surface area contributed by atoms with Gasteiger partial charge in [-0.25, -0.2) is 4.79 Å². The van der Waals surface area contributed by atoms with E-state index < -0.39 is 5.97 Å². The fraction of sp³-hybridized carbons (Fsp3) is 0.375. The number of hydrogen-bond acceptors (Lipinski definition) is 5. The molecule has 1 N–H and O–H groups in total. The Bertz CT molecular complexity index is 675. The van der Waals surface area contributed by atoms with Gasteiger partial charge in [-0.05, 0) is 44.1 Å². The molecule has 1 aromatic carbocycles. The molecule has 6 heteroatoms. The minimum Gasteiger partial charge on any atom is -0.496 e. The zero-order valence-electron chi connectivity index (χ0n) is 12.4. The number of ether oxygens (including phenoxy) is 1. The summed E-state index contributed by atoms with van der Waals surface area (Å²) in [4.78, 5) is 13.3. The van der Waals surface area contributed by atoms with E-state index in [1.54, 1.807) is 7.11 Å². The number of nitrogens with zero attached hydrogens (tertiary/aromatic N) is 2. The number of aromatic carboxylic acids is 1. The fourth-order valence-corrected chi connectivity index (χ4v) is 2.76. The number of benzene rings is 1. The number of rotatable bonds is 5. The molecule has 0 amide bonds. The minimum absolute atomic E-state index is 0.160. The minimum atomic E-state index is -1.12. The number of carboxylic acid groups (broad SMARTS) is 1. The zero-order chi connectivity index (χ0) is 15.5. The molecule has 0 radical (unpaired) electrons. The summed E-state index contributed by atoms with van der Waals surface area (Å²) < 4.78 is 10.2. The van der Waals surface area contributed by atoms with E-state index in [2.05, 4.69) is 10.1 Å². The molecule has 1 saturated heterocycles. The average molecular weight is 302 g/mol. The molecule has 0 spiro atoms. The SMILES string of the molecule is COc1ccc(-c2cc(C(=O)O)on2)cc1CN1CCCC1. The van der Waals surface area contributed by atoms with Crippen molar-refractivity contribution in [3.63, 3.8) is 0 Å². The van der Waals surface area contributed by atoms with Crippen LogP contribution < -0.4 is 4.74 Å². The molecule has 0 aliphatic carbocycles. The summed E-state index contributed by atoms with van der Waals surface area (Å²) in [5.41, 5.74) is 2.41. The molecule has 1 aliphatic heterocycles. The first kappa shape index (κ1) is 14.6. The third-order valence-corrected chi connectivity index (χ3v) is 3.89. The second-order valence-corrected chi connectivity index (χ2v) is 5.39. The van der Waals surface area contributed by atoms with Crippen molar-refractivity contribution < 1.29 is 19.2 Å². The molecule has 1 aliphatic rings. The lowest BCUT2D eigenvalue weighted by Gasteiger charge is -2.17. The van der Waals surface area contributed by atoms with Crippen LogP contribution in [0.3, 0.4) is 0 Å². The molecular formula is C16H18N2O4. The lowest BCUT2D eigenvalue weighted by molar-refractivity contribution is 0.0652. The van der Waals surface area contributed by atoms with Gasteiger partial charge in [0, 0.05) is 23.7 Å². The van der Waals surface area contributed by atoms with Gasteiger partial charge in [0.15, 0.2) is 0 Å². The number of carbonyl (C=O) groups is 1. The van der Waals surface area contributed by atoms with Crippen LogP contribution in [-0.4, -0.2) is 41.3 Å². The van der Waals surface area contributed by atoms with Crippen molar-refractivity contribution >= 4 is 5.97 Å². The van der Waals surface area contributed by atoms with E-state index >= 15 is 0 Å². The Hall–Kier alpha value is -2.34. The van der Waals surface area contributed by atoms with Gasteiger partial charge in [0.05, 0.1) is 7.11 Å². The van der Waals surface area contributed by atoms with Crippen molar-refractivity contribution in [2.45, 2.75) is 19.4 Å². The number of aromatic nitrogens is 1. The summed E-state index contributed by atoms with van der Waals surface area (Å²) in [6.07, 6.45) is 2.46. The number of methoxy groups -OCH3 is 1. The van der Waals surface area contributed by atoms with Crippen molar-refractivity contribution in [1.82, 2.24) is 10.1 Å². The van der Waals surface area contributed by atoms with E-state index in [4.69, 9.17) is 14.4 Å². The Balaban J connectivity index is 1.89. The van der Waals surface area contributed by atoms with Gasteiger partial charge in [0.25, 0.3) is 0 Å².